The van der Waals surface area contributed by atoms with Crippen molar-refractivity contribution in [3.05, 3.63) is 52.1 Å². The molecule has 2 aromatic rings. The first-order valence-corrected chi connectivity index (χ1v) is 9.78. The normalized spacial score (nSPS) is 14.8. The van der Waals surface area contributed by atoms with Crippen LogP contribution in [0.1, 0.15) is 12.8 Å². The Bertz CT molecular complexity index is 711. The largest absolute Gasteiger partial charge is 0.497 e. The number of carbonyl (C=O) groups is 1. The fourth-order valence-electron chi connectivity index (χ4n) is 3.02. The lowest BCUT2D eigenvalue weighted by Gasteiger charge is -2.34. The van der Waals surface area contributed by atoms with Gasteiger partial charge in [-0.3, -0.25) is 4.79 Å². The second-order valence-corrected chi connectivity index (χ2v) is 7.52. The Hall–Kier alpha value is -1.96. The lowest BCUT2D eigenvalue weighted by atomic mass is 10.0. The third kappa shape index (κ3) is 5.27. The predicted octanol–water partition coefficient (Wildman–Crippen LogP) is 3.46. The quantitative estimate of drug-likeness (QED) is 0.663. The predicted molar refractivity (Wildman–Crippen MR) is 111 cm³/mol. The molecule has 1 N–H and O–H groups in total. The molecular formula is C20H23IN2O3. The minimum atomic E-state index is -0.0635. The van der Waals surface area contributed by atoms with Gasteiger partial charge in [0, 0.05) is 28.4 Å². The maximum absolute atomic E-state index is 12.1. The minimum absolute atomic E-state index is 0.0548. The Morgan fingerprint density at radius 2 is 1.69 bits per heavy atom. The highest BCUT2D eigenvalue weighted by atomic mass is 127. The molecule has 0 saturated carbocycles. The summed E-state index contributed by atoms with van der Waals surface area (Å²) in [4.78, 5) is 14.4. The number of anilines is 1. The first-order chi connectivity index (χ1) is 12.6. The lowest BCUT2D eigenvalue weighted by molar-refractivity contribution is -0.123. The first-order valence-electron chi connectivity index (χ1n) is 8.71. The second-order valence-electron chi connectivity index (χ2n) is 6.27. The molecule has 26 heavy (non-hydrogen) atoms. The molecule has 2 aromatic carbocycles. The first kappa shape index (κ1) is 18.8. The standard InChI is InChI=1S/C20H23IN2O3/c1-25-18-8-4-17(5-9-18)23-12-10-16(11-13-23)22-20(24)14-26-19-6-2-15(21)3-7-19/h2-9,16H,10-14H2,1H3,(H,22,24). The number of hydrogen-bond donors (Lipinski definition) is 1. The minimum Gasteiger partial charge on any atom is -0.497 e. The summed E-state index contributed by atoms with van der Waals surface area (Å²) in [5.74, 6) is 1.52. The number of ether oxygens (including phenoxy) is 2. The van der Waals surface area contributed by atoms with Crippen molar-refractivity contribution in [2.24, 2.45) is 0 Å². The van der Waals surface area contributed by atoms with Gasteiger partial charge in [-0.1, -0.05) is 0 Å². The van der Waals surface area contributed by atoms with E-state index in [1.54, 1.807) is 7.11 Å². The highest BCUT2D eigenvalue weighted by Gasteiger charge is 2.21. The molecule has 1 heterocycles. The number of halogens is 1. The van der Waals surface area contributed by atoms with Gasteiger partial charge in [0.15, 0.2) is 6.61 Å². The Balaban J connectivity index is 1.41. The van der Waals surface area contributed by atoms with Gasteiger partial charge in [-0.05, 0) is 84.0 Å². The van der Waals surface area contributed by atoms with Crippen LogP contribution >= 0.6 is 22.6 Å². The molecule has 0 aliphatic carbocycles. The molecule has 138 valence electrons. The van der Waals surface area contributed by atoms with E-state index in [0.29, 0.717) is 0 Å². The van der Waals surface area contributed by atoms with Crippen molar-refractivity contribution in [1.82, 2.24) is 5.32 Å². The van der Waals surface area contributed by atoms with E-state index in [1.807, 2.05) is 36.4 Å². The molecule has 6 heteroatoms. The Kier molecular flexibility index (Phi) is 6.60. The van der Waals surface area contributed by atoms with Crippen molar-refractivity contribution in [3.63, 3.8) is 0 Å². The zero-order valence-corrected chi connectivity index (χ0v) is 16.9. The summed E-state index contributed by atoms with van der Waals surface area (Å²) in [5, 5.41) is 3.08. The lowest BCUT2D eigenvalue weighted by Crippen LogP contribution is -2.46. The van der Waals surface area contributed by atoms with Crippen LogP contribution in [-0.4, -0.2) is 38.8 Å². The number of hydrogen-bond acceptors (Lipinski definition) is 4. The number of methoxy groups -OCH3 is 1. The van der Waals surface area contributed by atoms with Crippen LogP contribution in [0.15, 0.2) is 48.5 Å². The highest BCUT2D eigenvalue weighted by molar-refractivity contribution is 14.1. The molecule has 0 unspecified atom stereocenters. The van der Waals surface area contributed by atoms with Crippen LogP contribution in [0.3, 0.4) is 0 Å². The van der Waals surface area contributed by atoms with Crippen LogP contribution in [0, 0.1) is 3.57 Å². The fourth-order valence-corrected chi connectivity index (χ4v) is 3.38. The van der Waals surface area contributed by atoms with E-state index >= 15 is 0 Å². The van der Waals surface area contributed by atoms with Crippen LogP contribution in [0.4, 0.5) is 5.69 Å². The average molecular weight is 466 g/mol. The van der Waals surface area contributed by atoms with Gasteiger partial charge in [0.25, 0.3) is 5.91 Å². The summed E-state index contributed by atoms with van der Waals surface area (Å²) in [5.41, 5.74) is 1.19. The molecule has 0 atom stereocenters. The van der Waals surface area contributed by atoms with E-state index in [1.165, 1.54) is 5.69 Å². The van der Waals surface area contributed by atoms with Crippen LogP contribution in [0.2, 0.25) is 0 Å². The van der Waals surface area contributed by atoms with Crippen LogP contribution < -0.4 is 19.7 Å². The molecule has 1 saturated heterocycles. The van der Waals surface area contributed by atoms with Gasteiger partial charge in [-0.2, -0.15) is 0 Å². The fraction of sp³-hybridized carbons (Fsp3) is 0.350. The molecule has 1 fully saturated rings. The maximum Gasteiger partial charge on any atom is 0.258 e. The molecule has 0 spiro atoms. The number of amides is 1. The monoisotopic (exact) mass is 466 g/mol. The SMILES string of the molecule is COc1ccc(N2CCC(NC(=O)COc3ccc(I)cc3)CC2)cc1. The van der Waals surface area contributed by atoms with Crippen LogP contribution in [0.25, 0.3) is 0 Å². The van der Waals surface area contributed by atoms with Gasteiger partial charge in [-0.15, -0.1) is 0 Å². The zero-order chi connectivity index (χ0) is 18.4. The molecule has 1 aliphatic heterocycles. The maximum atomic E-state index is 12.1. The number of nitrogens with one attached hydrogen (secondary N) is 1. The molecule has 1 aliphatic rings. The molecule has 1 amide bonds. The number of carbonyl (C=O) groups excluding carboxylic acids is 1. The second kappa shape index (κ2) is 9.12. The van der Waals surface area contributed by atoms with Crippen molar-refractivity contribution < 1.29 is 14.3 Å². The number of piperidine rings is 1. The molecule has 0 bridgehead atoms. The van der Waals surface area contributed by atoms with E-state index in [9.17, 15) is 4.79 Å². The van der Waals surface area contributed by atoms with Gasteiger partial charge >= 0.3 is 0 Å². The van der Waals surface area contributed by atoms with Crippen molar-refractivity contribution in [2.45, 2.75) is 18.9 Å². The van der Waals surface area contributed by atoms with Gasteiger partial charge in [0.2, 0.25) is 0 Å². The Morgan fingerprint density at radius 1 is 1.08 bits per heavy atom. The van der Waals surface area contributed by atoms with E-state index in [-0.39, 0.29) is 18.6 Å². The zero-order valence-electron chi connectivity index (χ0n) is 14.8. The highest BCUT2D eigenvalue weighted by Crippen LogP contribution is 2.22. The van der Waals surface area contributed by atoms with Gasteiger partial charge < -0.3 is 19.7 Å². The molecule has 5 nitrogen and oxygen atoms in total. The summed E-state index contributed by atoms with van der Waals surface area (Å²) >= 11 is 2.24. The van der Waals surface area contributed by atoms with E-state index < -0.39 is 0 Å². The molecular weight excluding hydrogens is 443 g/mol. The van der Waals surface area contributed by atoms with E-state index in [0.717, 1.165) is 41.0 Å². The molecule has 0 aromatic heterocycles. The van der Waals surface area contributed by atoms with Crippen LogP contribution in [-0.2, 0) is 4.79 Å². The number of nitrogens with zero attached hydrogens (tertiary/aromatic N) is 1. The van der Waals surface area contributed by atoms with Gasteiger partial charge in [0.05, 0.1) is 7.11 Å². The van der Waals surface area contributed by atoms with Crippen molar-refractivity contribution in [1.29, 1.82) is 0 Å². The molecule has 0 radical (unpaired) electrons. The summed E-state index contributed by atoms with van der Waals surface area (Å²) in [6.45, 7) is 1.91. The summed E-state index contributed by atoms with van der Waals surface area (Å²) in [6.07, 6.45) is 1.86. The summed E-state index contributed by atoms with van der Waals surface area (Å²) < 4.78 is 11.9. The number of benzene rings is 2. The smallest absolute Gasteiger partial charge is 0.258 e. The molecule has 3 rings (SSSR count). The summed E-state index contributed by atoms with van der Waals surface area (Å²) in [6, 6.07) is 16.0. The average Bonchev–Trinajstić information content (AvgIpc) is 2.68. The van der Waals surface area contributed by atoms with Crippen molar-refractivity contribution in [3.8, 4) is 11.5 Å². The van der Waals surface area contributed by atoms with Crippen molar-refractivity contribution in [2.75, 3.05) is 31.7 Å². The topological polar surface area (TPSA) is 50.8 Å². The number of rotatable bonds is 6. The van der Waals surface area contributed by atoms with Gasteiger partial charge in [-0.25, -0.2) is 0 Å². The third-order valence-electron chi connectivity index (χ3n) is 4.48. The van der Waals surface area contributed by atoms with E-state index in [2.05, 4.69) is 44.9 Å². The Labute approximate surface area is 167 Å². The third-order valence-corrected chi connectivity index (χ3v) is 5.20. The van der Waals surface area contributed by atoms with Crippen LogP contribution in [0.5, 0.6) is 11.5 Å². The summed E-state index contributed by atoms with van der Waals surface area (Å²) in [7, 11) is 1.67. The Morgan fingerprint density at radius 3 is 2.31 bits per heavy atom. The van der Waals surface area contributed by atoms with Crippen molar-refractivity contribution >= 4 is 34.2 Å². The van der Waals surface area contributed by atoms with E-state index in [4.69, 9.17) is 9.47 Å². The van der Waals surface area contributed by atoms with Gasteiger partial charge in [0.1, 0.15) is 11.5 Å².